The molecule has 4 heteroatoms. The zero-order chi connectivity index (χ0) is 9.10. The molecule has 0 aliphatic rings. The van der Waals surface area contributed by atoms with Gasteiger partial charge in [0, 0.05) is 11.4 Å². The molecule has 0 aliphatic carbocycles. The van der Waals surface area contributed by atoms with Crippen molar-refractivity contribution in [2.75, 3.05) is 0 Å². The first-order chi connectivity index (χ1) is 6.34. The molecule has 1 aromatic heterocycles. The lowest BCUT2D eigenvalue weighted by atomic mass is 10.1. The molecule has 0 unspecified atom stereocenters. The lowest BCUT2D eigenvalue weighted by Gasteiger charge is -1.96. The summed E-state index contributed by atoms with van der Waals surface area (Å²) < 4.78 is 4.13. The molecule has 0 amide bonds. The third-order valence-corrected chi connectivity index (χ3v) is 2.45. The predicted octanol–water partition coefficient (Wildman–Crippen LogP) is 2.78. The highest BCUT2D eigenvalue weighted by molar-refractivity contribution is 7.03. The van der Waals surface area contributed by atoms with E-state index in [0.29, 0.717) is 0 Å². The van der Waals surface area contributed by atoms with Crippen molar-refractivity contribution in [2.45, 2.75) is 6.42 Å². The molecule has 13 heavy (non-hydrogen) atoms. The first kappa shape index (κ1) is 8.66. The first-order valence-corrected chi connectivity index (χ1v) is 5.06. The Morgan fingerprint density at radius 1 is 1.23 bits per heavy atom. The highest BCUT2D eigenvalue weighted by Crippen LogP contribution is 2.11. The van der Waals surface area contributed by atoms with Gasteiger partial charge in [-0.2, -0.15) is 4.37 Å². The van der Waals surface area contributed by atoms with Crippen molar-refractivity contribution in [1.82, 2.24) is 9.36 Å². The third-order valence-electron chi connectivity index (χ3n) is 1.68. The fourth-order valence-corrected chi connectivity index (χ4v) is 1.63. The van der Waals surface area contributed by atoms with Crippen LogP contribution in [0.15, 0.2) is 29.8 Å². The van der Waals surface area contributed by atoms with E-state index in [1.165, 1.54) is 17.1 Å². The molecule has 2 aromatic rings. The number of aromatic nitrogens is 2. The molecule has 1 heterocycles. The van der Waals surface area contributed by atoms with Gasteiger partial charge in [-0.3, -0.25) is 0 Å². The average molecular weight is 211 g/mol. The molecular weight excluding hydrogens is 204 g/mol. The van der Waals surface area contributed by atoms with Gasteiger partial charge < -0.3 is 0 Å². The fourth-order valence-electron chi connectivity index (χ4n) is 1.06. The highest BCUT2D eigenvalue weighted by Gasteiger charge is 1.98. The smallest absolute Gasteiger partial charge is 0.146 e. The van der Waals surface area contributed by atoms with E-state index < -0.39 is 0 Å². The van der Waals surface area contributed by atoms with Crippen LogP contribution in [0.5, 0.6) is 0 Å². The molecule has 0 spiro atoms. The predicted molar refractivity (Wildman–Crippen MR) is 54.2 cm³/mol. The van der Waals surface area contributed by atoms with Gasteiger partial charge >= 0.3 is 0 Å². The topological polar surface area (TPSA) is 25.8 Å². The second-order valence-corrected chi connectivity index (χ2v) is 3.69. The summed E-state index contributed by atoms with van der Waals surface area (Å²) in [5.41, 5.74) is 2.92. The second kappa shape index (κ2) is 3.85. The maximum absolute atomic E-state index is 5.76. The first-order valence-electron chi connectivity index (χ1n) is 3.84. The van der Waals surface area contributed by atoms with Crippen molar-refractivity contribution in [2.24, 2.45) is 0 Å². The molecule has 2 rings (SSSR count). The van der Waals surface area contributed by atoms with Gasteiger partial charge in [0.25, 0.3) is 0 Å². The molecule has 2 nitrogen and oxygen atoms in total. The van der Waals surface area contributed by atoms with Crippen molar-refractivity contribution in [1.29, 1.82) is 0 Å². The number of benzene rings is 1. The largest absolute Gasteiger partial charge is 0.228 e. The Kier molecular flexibility index (Phi) is 2.57. The lowest BCUT2D eigenvalue weighted by molar-refractivity contribution is 1.04. The Labute approximate surface area is 85.4 Å². The lowest BCUT2D eigenvalue weighted by Crippen LogP contribution is -1.89. The van der Waals surface area contributed by atoms with Gasteiger partial charge in [-0.25, -0.2) is 4.98 Å². The summed E-state index contributed by atoms with van der Waals surface area (Å²) in [6.07, 6.45) is 0.778. The summed E-state index contributed by atoms with van der Waals surface area (Å²) >= 11 is 7.14. The quantitative estimate of drug-likeness (QED) is 0.762. The van der Waals surface area contributed by atoms with Crippen LogP contribution in [0.2, 0.25) is 5.02 Å². The van der Waals surface area contributed by atoms with E-state index in [1.807, 2.05) is 24.3 Å². The number of nitrogens with zero attached hydrogens (tertiary/aromatic N) is 2. The molecule has 0 radical (unpaired) electrons. The fraction of sp³-hybridized carbons (Fsp3) is 0.111. The minimum absolute atomic E-state index is 0.759. The number of rotatable bonds is 2. The number of hydrogen-bond donors (Lipinski definition) is 0. The van der Waals surface area contributed by atoms with E-state index in [2.05, 4.69) is 9.36 Å². The highest BCUT2D eigenvalue weighted by atomic mass is 35.5. The zero-order valence-corrected chi connectivity index (χ0v) is 8.35. The SMILES string of the molecule is Clc1ccc(Cc2ncsn2)cc1. The normalized spacial score (nSPS) is 10.2. The Morgan fingerprint density at radius 2 is 2.00 bits per heavy atom. The second-order valence-electron chi connectivity index (χ2n) is 2.65. The Morgan fingerprint density at radius 3 is 2.62 bits per heavy atom. The zero-order valence-electron chi connectivity index (χ0n) is 6.77. The molecule has 0 N–H and O–H groups in total. The van der Waals surface area contributed by atoms with Crippen molar-refractivity contribution in [3.05, 3.63) is 46.2 Å². The van der Waals surface area contributed by atoms with Crippen LogP contribution in [-0.4, -0.2) is 9.36 Å². The minimum atomic E-state index is 0.759. The standard InChI is InChI=1S/C9H7ClN2S/c10-8-3-1-7(2-4-8)5-9-11-6-13-12-9/h1-4,6H,5H2. The monoisotopic (exact) mass is 210 g/mol. The molecular formula is C9H7ClN2S. The van der Waals surface area contributed by atoms with Gasteiger partial charge in [-0.1, -0.05) is 23.7 Å². The van der Waals surface area contributed by atoms with Crippen LogP contribution in [0, 0.1) is 0 Å². The van der Waals surface area contributed by atoms with Gasteiger partial charge in [-0.05, 0) is 29.2 Å². The van der Waals surface area contributed by atoms with Gasteiger partial charge in [0.1, 0.15) is 11.3 Å². The van der Waals surface area contributed by atoms with E-state index >= 15 is 0 Å². The van der Waals surface area contributed by atoms with Crippen LogP contribution in [-0.2, 0) is 6.42 Å². The number of halogens is 1. The number of hydrogen-bond acceptors (Lipinski definition) is 3. The van der Waals surface area contributed by atoms with Gasteiger partial charge in [0.15, 0.2) is 0 Å². The maximum atomic E-state index is 5.76. The van der Waals surface area contributed by atoms with Crippen molar-refractivity contribution in [3.63, 3.8) is 0 Å². The van der Waals surface area contributed by atoms with Crippen LogP contribution in [0.25, 0.3) is 0 Å². The van der Waals surface area contributed by atoms with Gasteiger partial charge in [-0.15, -0.1) is 0 Å². The van der Waals surface area contributed by atoms with Crippen molar-refractivity contribution >= 4 is 23.1 Å². The van der Waals surface area contributed by atoms with Crippen LogP contribution in [0.3, 0.4) is 0 Å². The van der Waals surface area contributed by atoms with Crippen molar-refractivity contribution in [3.8, 4) is 0 Å². The van der Waals surface area contributed by atoms with Crippen molar-refractivity contribution < 1.29 is 0 Å². The van der Waals surface area contributed by atoms with E-state index in [0.717, 1.165) is 17.3 Å². The van der Waals surface area contributed by atoms with Crippen LogP contribution in [0.4, 0.5) is 0 Å². The van der Waals surface area contributed by atoms with Gasteiger partial charge in [0.05, 0.1) is 0 Å². The van der Waals surface area contributed by atoms with E-state index in [-0.39, 0.29) is 0 Å². The van der Waals surface area contributed by atoms with E-state index in [4.69, 9.17) is 11.6 Å². The van der Waals surface area contributed by atoms with E-state index in [9.17, 15) is 0 Å². The van der Waals surface area contributed by atoms with Crippen LogP contribution in [0.1, 0.15) is 11.4 Å². The molecule has 0 fully saturated rings. The average Bonchev–Trinajstić information content (AvgIpc) is 2.62. The third kappa shape index (κ3) is 2.26. The van der Waals surface area contributed by atoms with Crippen LogP contribution >= 0.6 is 23.1 Å². The molecule has 1 aromatic carbocycles. The van der Waals surface area contributed by atoms with Gasteiger partial charge in [0.2, 0.25) is 0 Å². The molecule has 0 saturated carbocycles. The summed E-state index contributed by atoms with van der Waals surface area (Å²) in [6, 6.07) is 7.74. The summed E-state index contributed by atoms with van der Waals surface area (Å²) in [7, 11) is 0. The van der Waals surface area contributed by atoms with E-state index in [1.54, 1.807) is 5.51 Å². The summed E-state index contributed by atoms with van der Waals surface area (Å²) in [5, 5.41) is 0.759. The Balaban J connectivity index is 2.15. The summed E-state index contributed by atoms with van der Waals surface area (Å²) in [6.45, 7) is 0. The summed E-state index contributed by atoms with van der Waals surface area (Å²) in [5.74, 6) is 0.868. The molecule has 0 aliphatic heterocycles. The Hall–Kier alpha value is -0.930. The molecule has 0 bridgehead atoms. The Bertz CT molecular complexity index is 369. The molecule has 0 saturated heterocycles. The van der Waals surface area contributed by atoms with Crippen LogP contribution < -0.4 is 0 Å². The maximum Gasteiger partial charge on any atom is 0.146 e. The molecule has 0 atom stereocenters. The molecule has 66 valence electrons. The minimum Gasteiger partial charge on any atom is -0.228 e. The summed E-state index contributed by atoms with van der Waals surface area (Å²) in [4.78, 5) is 4.11.